The van der Waals surface area contributed by atoms with Crippen molar-refractivity contribution in [3.63, 3.8) is 0 Å². The lowest BCUT2D eigenvalue weighted by Crippen LogP contribution is -2.00. The van der Waals surface area contributed by atoms with Gasteiger partial charge in [0.2, 0.25) is 0 Å². The number of pyridine rings is 1. The van der Waals surface area contributed by atoms with Gasteiger partial charge in [0.15, 0.2) is 5.69 Å². The molecule has 0 amide bonds. The second-order valence-electron chi connectivity index (χ2n) is 4.41. The van der Waals surface area contributed by atoms with Crippen LogP contribution in [0.15, 0.2) is 48.7 Å². The van der Waals surface area contributed by atoms with Crippen molar-refractivity contribution >= 4 is 11.6 Å². The summed E-state index contributed by atoms with van der Waals surface area (Å²) in [7, 11) is 0. The highest BCUT2D eigenvalue weighted by atomic mass is 16.4. The molecule has 4 nitrogen and oxygen atoms in total. The molecule has 1 N–H and O–H groups in total. The van der Waals surface area contributed by atoms with Crippen LogP contribution >= 0.6 is 0 Å². The number of imidazole rings is 1. The zero-order valence-electron chi connectivity index (χ0n) is 10.4. The van der Waals surface area contributed by atoms with Crippen molar-refractivity contribution in [2.75, 3.05) is 0 Å². The number of hydrogen-bond acceptors (Lipinski definition) is 2. The van der Waals surface area contributed by atoms with E-state index in [1.54, 1.807) is 0 Å². The maximum absolute atomic E-state index is 11.4. The molecule has 2 aromatic heterocycles. The topological polar surface area (TPSA) is 54.6 Å². The second kappa shape index (κ2) is 4.24. The molecule has 0 atom stereocenters. The summed E-state index contributed by atoms with van der Waals surface area (Å²) in [4.78, 5) is 15.6. The molecule has 0 bridgehead atoms. The lowest BCUT2D eigenvalue weighted by atomic mass is 10.1. The SMILES string of the molecule is Cc1ccc2nc(C(=O)O)c(-c3ccccc3)n2c1. The Bertz CT molecular complexity index is 760. The van der Waals surface area contributed by atoms with Gasteiger partial charge in [0.25, 0.3) is 0 Å². The third-order valence-corrected chi connectivity index (χ3v) is 3.02. The van der Waals surface area contributed by atoms with Crippen LogP contribution in [0.5, 0.6) is 0 Å². The Morgan fingerprint density at radius 1 is 1.16 bits per heavy atom. The van der Waals surface area contributed by atoms with Crippen molar-refractivity contribution in [2.24, 2.45) is 0 Å². The number of carbonyl (C=O) groups is 1. The molecule has 0 saturated carbocycles. The van der Waals surface area contributed by atoms with Gasteiger partial charge < -0.3 is 5.11 Å². The van der Waals surface area contributed by atoms with E-state index in [-0.39, 0.29) is 5.69 Å². The molecule has 0 unspecified atom stereocenters. The van der Waals surface area contributed by atoms with Crippen LogP contribution in [0, 0.1) is 6.92 Å². The van der Waals surface area contributed by atoms with Gasteiger partial charge in [-0.25, -0.2) is 9.78 Å². The molecule has 0 aliphatic carbocycles. The molecule has 3 rings (SSSR count). The van der Waals surface area contributed by atoms with E-state index < -0.39 is 5.97 Å². The van der Waals surface area contributed by atoms with Gasteiger partial charge in [-0.2, -0.15) is 0 Å². The molecule has 0 spiro atoms. The highest BCUT2D eigenvalue weighted by molar-refractivity contribution is 5.94. The van der Waals surface area contributed by atoms with Gasteiger partial charge in [-0.15, -0.1) is 0 Å². The van der Waals surface area contributed by atoms with E-state index in [2.05, 4.69) is 4.98 Å². The van der Waals surface area contributed by atoms with Crippen LogP contribution in [0.3, 0.4) is 0 Å². The summed E-state index contributed by atoms with van der Waals surface area (Å²) in [6, 6.07) is 13.2. The van der Waals surface area contributed by atoms with Crippen molar-refractivity contribution in [2.45, 2.75) is 6.92 Å². The number of carboxylic acids is 1. The van der Waals surface area contributed by atoms with E-state index in [9.17, 15) is 9.90 Å². The molecule has 0 radical (unpaired) electrons. The molecular formula is C15H12N2O2. The Morgan fingerprint density at radius 3 is 2.58 bits per heavy atom. The third-order valence-electron chi connectivity index (χ3n) is 3.02. The first-order valence-electron chi connectivity index (χ1n) is 5.94. The van der Waals surface area contributed by atoms with Gasteiger partial charge in [0.1, 0.15) is 5.65 Å². The zero-order valence-corrected chi connectivity index (χ0v) is 10.4. The summed E-state index contributed by atoms with van der Waals surface area (Å²) in [6.07, 6.45) is 1.90. The summed E-state index contributed by atoms with van der Waals surface area (Å²) < 4.78 is 1.83. The number of rotatable bonds is 2. The number of nitrogens with zero attached hydrogens (tertiary/aromatic N) is 2. The maximum Gasteiger partial charge on any atom is 0.356 e. The van der Waals surface area contributed by atoms with E-state index >= 15 is 0 Å². The van der Waals surface area contributed by atoms with Gasteiger partial charge in [-0.05, 0) is 18.6 Å². The summed E-state index contributed by atoms with van der Waals surface area (Å²) in [6.45, 7) is 1.97. The molecule has 1 aromatic carbocycles. The fourth-order valence-electron chi connectivity index (χ4n) is 2.17. The molecular weight excluding hydrogens is 240 g/mol. The quantitative estimate of drug-likeness (QED) is 0.762. The lowest BCUT2D eigenvalue weighted by molar-refractivity contribution is 0.0692. The van der Waals surface area contributed by atoms with Crippen LogP contribution in [0.1, 0.15) is 16.1 Å². The first-order chi connectivity index (χ1) is 9.16. The van der Waals surface area contributed by atoms with E-state index in [0.29, 0.717) is 11.3 Å². The van der Waals surface area contributed by atoms with Gasteiger partial charge >= 0.3 is 5.97 Å². The number of carboxylic acid groups (broad SMARTS) is 1. The molecule has 0 aliphatic heterocycles. The normalized spacial score (nSPS) is 10.8. The maximum atomic E-state index is 11.4. The number of aryl methyl sites for hydroxylation is 1. The minimum Gasteiger partial charge on any atom is -0.476 e. The average molecular weight is 252 g/mol. The molecule has 0 saturated heterocycles. The minimum atomic E-state index is -1.01. The number of fused-ring (bicyclic) bond motifs is 1. The Hall–Kier alpha value is -2.62. The Balaban J connectivity index is 2.40. The first kappa shape index (κ1) is 11.5. The summed E-state index contributed by atoms with van der Waals surface area (Å²) >= 11 is 0. The Kier molecular flexibility index (Phi) is 2.56. The standard InChI is InChI=1S/C15H12N2O2/c1-10-7-8-12-16-13(15(18)19)14(17(12)9-10)11-5-3-2-4-6-11/h2-9H,1H3,(H,18,19). The van der Waals surface area contributed by atoms with Gasteiger partial charge in [-0.3, -0.25) is 4.40 Å². The van der Waals surface area contributed by atoms with Gasteiger partial charge in [-0.1, -0.05) is 36.4 Å². The van der Waals surface area contributed by atoms with Gasteiger partial charge in [0.05, 0.1) is 5.69 Å². The number of benzene rings is 1. The van der Waals surface area contributed by atoms with Crippen LogP contribution in [0.2, 0.25) is 0 Å². The van der Waals surface area contributed by atoms with Crippen LogP contribution in [-0.2, 0) is 0 Å². The predicted molar refractivity (Wildman–Crippen MR) is 72.3 cm³/mol. The Morgan fingerprint density at radius 2 is 1.89 bits per heavy atom. The molecule has 3 aromatic rings. The van der Waals surface area contributed by atoms with E-state index in [1.807, 2.05) is 60.0 Å². The first-order valence-corrected chi connectivity index (χ1v) is 5.94. The van der Waals surface area contributed by atoms with E-state index in [4.69, 9.17) is 0 Å². The summed E-state index contributed by atoms with van der Waals surface area (Å²) in [5.41, 5.74) is 3.24. The van der Waals surface area contributed by atoms with Crippen molar-refractivity contribution in [3.8, 4) is 11.3 Å². The lowest BCUT2D eigenvalue weighted by Gasteiger charge is -2.04. The number of aromatic nitrogens is 2. The van der Waals surface area contributed by atoms with Crippen LogP contribution < -0.4 is 0 Å². The highest BCUT2D eigenvalue weighted by Crippen LogP contribution is 2.25. The minimum absolute atomic E-state index is 0.0804. The summed E-state index contributed by atoms with van der Waals surface area (Å²) in [5, 5.41) is 9.32. The summed E-state index contributed by atoms with van der Waals surface area (Å²) in [5.74, 6) is -1.01. The fraction of sp³-hybridized carbons (Fsp3) is 0.0667. The van der Waals surface area contributed by atoms with Crippen LogP contribution in [0.4, 0.5) is 0 Å². The monoisotopic (exact) mass is 252 g/mol. The fourth-order valence-corrected chi connectivity index (χ4v) is 2.17. The zero-order chi connectivity index (χ0) is 13.4. The molecule has 0 aliphatic rings. The molecule has 4 heteroatoms. The predicted octanol–water partition coefficient (Wildman–Crippen LogP) is 3.01. The molecule has 19 heavy (non-hydrogen) atoms. The molecule has 2 heterocycles. The van der Waals surface area contributed by atoms with Crippen molar-refractivity contribution in [1.29, 1.82) is 0 Å². The van der Waals surface area contributed by atoms with Crippen LogP contribution in [-0.4, -0.2) is 20.5 Å². The third kappa shape index (κ3) is 1.87. The average Bonchev–Trinajstić information content (AvgIpc) is 2.78. The number of hydrogen-bond donors (Lipinski definition) is 1. The Labute approximate surface area is 110 Å². The number of aromatic carboxylic acids is 1. The van der Waals surface area contributed by atoms with Crippen molar-refractivity contribution < 1.29 is 9.90 Å². The van der Waals surface area contributed by atoms with Gasteiger partial charge in [0, 0.05) is 11.8 Å². The molecule has 94 valence electrons. The van der Waals surface area contributed by atoms with Crippen molar-refractivity contribution in [1.82, 2.24) is 9.38 Å². The molecule has 0 fully saturated rings. The van der Waals surface area contributed by atoms with Crippen LogP contribution in [0.25, 0.3) is 16.9 Å². The smallest absolute Gasteiger partial charge is 0.356 e. The second-order valence-corrected chi connectivity index (χ2v) is 4.41. The van der Waals surface area contributed by atoms with E-state index in [1.165, 1.54) is 0 Å². The van der Waals surface area contributed by atoms with E-state index in [0.717, 1.165) is 11.1 Å². The van der Waals surface area contributed by atoms with Crippen molar-refractivity contribution in [3.05, 3.63) is 59.9 Å². The largest absolute Gasteiger partial charge is 0.476 e. The highest BCUT2D eigenvalue weighted by Gasteiger charge is 2.19.